The van der Waals surface area contributed by atoms with Crippen LogP contribution < -0.4 is 9.45 Å². The van der Waals surface area contributed by atoms with Gasteiger partial charge in [-0.15, -0.1) is 0 Å². The number of rotatable bonds is 7. The predicted octanol–water partition coefficient (Wildman–Crippen LogP) is 3.78. The minimum Gasteiger partial charge on any atom is -0.491 e. The van der Waals surface area contributed by atoms with Crippen molar-refractivity contribution in [3.8, 4) is 0 Å². The summed E-state index contributed by atoms with van der Waals surface area (Å²) in [5.41, 5.74) is 0.995. The third-order valence-corrected chi connectivity index (χ3v) is 6.54. The number of allylic oxidation sites excluding steroid dienone is 2. The van der Waals surface area contributed by atoms with Gasteiger partial charge in [-0.2, -0.15) is 0 Å². The summed E-state index contributed by atoms with van der Waals surface area (Å²) in [5.74, 6) is 0.208. The molecule has 31 heavy (non-hydrogen) atoms. The fraction of sp³-hybridized carbons (Fsp3) is 0.273. The molecule has 2 N–H and O–H groups in total. The van der Waals surface area contributed by atoms with Crippen molar-refractivity contribution in [3.63, 3.8) is 0 Å². The maximum atomic E-state index is 13.1. The molecule has 1 aromatic carbocycles. The molecule has 0 spiro atoms. The minimum absolute atomic E-state index is 0.00763. The van der Waals surface area contributed by atoms with Gasteiger partial charge in [-0.1, -0.05) is 17.7 Å². The fourth-order valence-corrected chi connectivity index (χ4v) is 4.54. The van der Waals surface area contributed by atoms with Crippen LogP contribution in [0.4, 0.5) is 5.69 Å². The van der Waals surface area contributed by atoms with Crippen LogP contribution >= 0.6 is 11.6 Å². The second-order valence-electron chi connectivity index (χ2n) is 7.47. The van der Waals surface area contributed by atoms with Crippen LogP contribution in [0.3, 0.4) is 0 Å². The van der Waals surface area contributed by atoms with Crippen LogP contribution in [0.15, 0.2) is 60.5 Å². The lowest BCUT2D eigenvalue weighted by molar-refractivity contribution is -0.908. The Kier molecular flexibility index (Phi) is 6.71. The van der Waals surface area contributed by atoms with E-state index in [1.807, 2.05) is 13.8 Å². The Morgan fingerprint density at radius 2 is 2.03 bits per heavy atom. The standard InChI is InChI=1S/C22H23ClN2O5S/c1-14(2)30-18-5-7-19(8-6-18)31(28,29)24-21-9-4-17(23)13-20(21)22(26)16-10-11-25(27)15(3)12-16/h4-7,9-14,19H,8H2,1-3H3,(H-,24,26,27)/p+1. The van der Waals surface area contributed by atoms with E-state index in [9.17, 15) is 18.4 Å². The molecule has 0 saturated carbocycles. The summed E-state index contributed by atoms with van der Waals surface area (Å²) in [4.78, 5) is 13.1. The number of hydrogen-bond donors (Lipinski definition) is 2. The topological polar surface area (TPSA) is 96.6 Å². The average molecular weight is 464 g/mol. The highest BCUT2D eigenvalue weighted by Crippen LogP contribution is 2.27. The van der Waals surface area contributed by atoms with Gasteiger partial charge in [0.2, 0.25) is 21.9 Å². The van der Waals surface area contributed by atoms with Crippen LogP contribution in [0, 0.1) is 6.92 Å². The number of benzene rings is 1. The minimum atomic E-state index is -3.83. The molecule has 1 atom stereocenters. The third kappa shape index (κ3) is 5.45. The highest BCUT2D eigenvalue weighted by atomic mass is 35.5. The number of halogens is 1. The molecule has 1 heterocycles. The molecule has 1 unspecified atom stereocenters. The Hall–Kier alpha value is -2.84. The summed E-state index contributed by atoms with van der Waals surface area (Å²) >= 11 is 6.08. The number of nitrogens with one attached hydrogen (secondary N) is 1. The van der Waals surface area contributed by atoms with E-state index < -0.39 is 21.1 Å². The smallest absolute Gasteiger partial charge is 0.239 e. The van der Waals surface area contributed by atoms with Crippen molar-refractivity contribution < 1.29 is 27.9 Å². The monoisotopic (exact) mass is 463 g/mol. The number of ketones is 1. The first-order valence-electron chi connectivity index (χ1n) is 9.69. The van der Waals surface area contributed by atoms with E-state index in [0.29, 0.717) is 22.0 Å². The van der Waals surface area contributed by atoms with Crippen LogP contribution in [-0.2, 0) is 14.8 Å². The Morgan fingerprint density at radius 3 is 2.65 bits per heavy atom. The number of nitrogens with zero attached hydrogens (tertiary/aromatic N) is 1. The van der Waals surface area contributed by atoms with Crippen molar-refractivity contribution in [1.29, 1.82) is 0 Å². The van der Waals surface area contributed by atoms with Crippen molar-refractivity contribution in [1.82, 2.24) is 0 Å². The molecule has 0 amide bonds. The molecular weight excluding hydrogens is 440 g/mol. The van der Waals surface area contributed by atoms with Crippen molar-refractivity contribution >= 4 is 33.1 Å². The fourth-order valence-electron chi connectivity index (χ4n) is 3.10. The van der Waals surface area contributed by atoms with E-state index in [1.54, 1.807) is 25.2 Å². The quantitative estimate of drug-likeness (QED) is 0.370. The number of hydrogen-bond acceptors (Lipinski definition) is 5. The van der Waals surface area contributed by atoms with Gasteiger partial charge in [0.1, 0.15) is 11.0 Å². The lowest BCUT2D eigenvalue weighted by Crippen LogP contribution is -2.33. The highest BCUT2D eigenvalue weighted by molar-refractivity contribution is 7.93. The zero-order chi connectivity index (χ0) is 22.8. The Bertz CT molecular complexity index is 1170. The normalized spacial score (nSPS) is 16.2. The van der Waals surface area contributed by atoms with Crippen LogP contribution in [0.2, 0.25) is 5.02 Å². The molecule has 1 aliphatic carbocycles. The lowest BCUT2D eigenvalue weighted by atomic mass is 10.0. The maximum Gasteiger partial charge on any atom is 0.239 e. The number of carbonyl (C=O) groups is 1. The van der Waals surface area contributed by atoms with E-state index in [1.165, 1.54) is 36.5 Å². The van der Waals surface area contributed by atoms with Gasteiger partial charge in [0, 0.05) is 39.9 Å². The van der Waals surface area contributed by atoms with Crippen molar-refractivity contribution in [2.45, 2.75) is 38.5 Å². The average Bonchev–Trinajstić information content (AvgIpc) is 2.70. The van der Waals surface area contributed by atoms with E-state index in [0.717, 1.165) is 4.73 Å². The van der Waals surface area contributed by atoms with Gasteiger partial charge in [-0.3, -0.25) is 14.7 Å². The molecule has 1 aromatic heterocycles. The summed E-state index contributed by atoms with van der Waals surface area (Å²) in [7, 11) is -3.83. The molecule has 0 bridgehead atoms. The number of sulfonamides is 1. The third-order valence-electron chi connectivity index (χ3n) is 4.66. The van der Waals surface area contributed by atoms with E-state index >= 15 is 0 Å². The van der Waals surface area contributed by atoms with Crippen molar-refractivity contribution in [2.75, 3.05) is 4.72 Å². The molecule has 0 fully saturated rings. The number of carbonyl (C=O) groups excluding carboxylic acids is 1. The number of aryl methyl sites for hydroxylation is 1. The molecule has 0 radical (unpaired) electrons. The zero-order valence-electron chi connectivity index (χ0n) is 17.4. The highest BCUT2D eigenvalue weighted by Gasteiger charge is 2.27. The Balaban J connectivity index is 1.87. The first-order chi connectivity index (χ1) is 14.6. The van der Waals surface area contributed by atoms with Gasteiger partial charge >= 0.3 is 0 Å². The van der Waals surface area contributed by atoms with Crippen LogP contribution in [0.1, 0.15) is 41.9 Å². The molecule has 7 nitrogen and oxygen atoms in total. The van der Waals surface area contributed by atoms with Crippen molar-refractivity contribution in [3.05, 3.63) is 82.4 Å². The number of pyridine rings is 1. The van der Waals surface area contributed by atoms with Crippen LogP contribution in [0.5, 0.6) is 0 Å². The summed E-state index contributed by atoms with van der Waals surface area (Å²) in [5, 5.41) is 9.12. The largest absolute Gasteiger partial charge is 0.491 e. The summed E-state index contributed by atoms with van der Waals surface area (Å²) < 4.78 is 34.9. The Labute approximate surface area is 186 Å². The van der Waals surface area contributed by atoms with Crippen LogP contribution in [0.25, 0.3) is 0 Å². The van der Waals surface area contributed by atoms with Gasteiger partial charge in [0.15, 0.2) is 5.78 Å². The molecular formula is C22H24ClN2O5S+. The molecule has 3 rings (SSSR count). The first-order valence-corrected chi connectivity index (χ1v) is 11.6. The predicted molar refractivity (Wildman–Crippen MR) is 118 cm³/mol. The number of aromatic nitrogens is 1. The SMILES string of the molecule is Cc1cc(C(=O)c2cc(Cl)ccc2NS(=O)(=O)C2C=CC(OC(C)C)=CC2)cc[n+]1O. The van der Waals surface area contributed by atoms with Gasteiger partial charge in [-0.25, -0.2) is 8.42 Å². The second kappa shape index (κ2) is 9.11. The van der Waals surface area contributed by atoms with Gasteiger partial charge in [0.05, 0.1) is 11.8 Å². The second-order valence-corrected chi connectivity index (χ2v) is 9.81. The number of ether oxygens (including phenoxy) is 1. The van der Waals surface area contributed by atoms with E-state index in [4.69, 9.17) is 16.3 Å². The molecule has 2 aromatic rings. The summed E-state index contributed by atoms with van der Waals surface area (Å²) in [6.07, 6.45) is 6.52. The molecule has 1 aliphatic rings. The molecule has 9 heteroatoms. The van der Waals surface area contributed by atoms with E-state index in [2.05, 4.69) is 4.72 Å². The van der Waals surface area contributed by atoms with Gasteiger partial charge < -0.3 is 4.74 Å². The maximum absolute atomic E-state index is 13.1. The summed E-state index contributed by atoms with van der Waals surface area (Å²) in [6.45, 7) is 5.43. The van der Waals surface area contributed by atoms with E-state index in [-0.39, 0.29) is 23.8 Å². The number of anilines is 1. The van der Waals surface area contributed by atoms with Gasteiger partial charge in [-0.05, 0) is 50.6 Å². The molecule has 164 valence electrons. The first kappa shape index (κ1) is 22.8. The zero-order valence-corrected chi connectivity index (χ0v) is 18.9. The molecule has 0 saturated heterocycles. The van der Waals surface area contributed by atoms with Crippen LogP contribution in [-0.4, -0.2) is 30.8 Å². The Morgan fingerprint density at radius 1 is 1.29 bits per heavy atom. The summed E-state index contributed by atoms with van der Waals surface area (Å²) in [6, 6.07) is 7.35. The lowest BCUT2D eigenvalue weighted by Gasteiger charge is -2.20. The van der Waals surface area contributed by atoms with Crippen molar-refractivity contribution in [2.24, 2.45) is 0 Å². The van der Waals surface area contributed by atoms with Gasteiger partial charge in [0.25, 0.3) is 0 Å². The molecule has 0 aliphatic heterocycles.